The predicted octanol–water partition coefficient (Wildman–Crippen LogP) is -1.74. The Morgan fingerprint density at radius 3 is 1.69 bits per heavy atom. The van der Waals surface area contributed by atoms with E-state index in [-0.39, 0.29) is 56.2 Å². The third kappa shape index (κ3) is 21.0. The fraction of sp³-hybridized carbons (Fsp3) is 0.571. The normalized spacial score (nSPS) is 14.4. The monoisotopic (exact) mass is 931 g/mol. The molecule has 0 spiro atoms. The first-order valence-electron chi connectivity index (χ1n) is 21.4. The van der Waals surface area contributed by atoms with Crippen LogP contribution in [0.1, 0.15) is 77.5 Å². The molecule has 0 bridgehead atoms. The van der Waals surface area contributed by atoms with Crippen molar-refractivity contribution in [3.8, 4) is 0 Å². The van der Waals surface area contributed by atoms with Gasteiger partial charge in [-0.3, -0.25) is 38.4 Å². The lowest BCUT2D eigenvalue weighted by molar-refractivity contribution is -0.141. The van der Waals surface area contributed by atoms with Crippen molar-refractivity contribution in [2.45, 2.75) is 121 Å². The summed E-state index contributed by atoms with van der Waals surface area (Å²) >= 11 is 4.00. The molecule has 22 nitrogen and oxygen atoms in total. The Bertz CT molecular complexity index is 1890. The Balaban J connectivity index is 2.39. The molecule has 65 heavy (non-hydrogen) atoms. The Labute approximate surface area is 383 Å². The van der Waals surface area contributed by atoms with E-state index in [0.717, 1.165) is 0 Å². The van der Waals surface area contributed by atoms with E-state index in [9.17, 15) is 48.3 Å². The van der Waals surface area contributed by atoms with E-state index in [4.69, 9.17) is 16.6 Å². The summed E-state index contributed by atoms with van der Waals surface area (Å²) in [5.74, 6) is -8.63. The van der Waals surface area contributed by atoms with E-state index in [1.54, 1.807) is 44.2 Å². The van der Waals surface area contributed by atoms with Crippen LogP contribution in [0.3, 0.4) is 0 Å². The maximum Gasteiger partial charge on any atom is 0.327 e. The molecule has 0 aliphatic carbocycles. The molecule has 23 heteroatoms. The van der Waals surface area contributed by atoms with Crippen molar-refractivity contribution in [3.63, 3.8) is 0 Å². The van der Waals surface area contributed by atoms with Crippen LogP contribution in [0.2, 0.25) is 0 Å². The highest BCUT2D eigenvalue weighted by molar-refractivity contribution is 7.80. The van der Waals surface area contributed by atoms with E-state index in [0.29, 0.717) is 24.1 Å². The van der Waals surface area contributed by atoms with E-state index < -0.39 is 109 Å². The van der Waals surface area contributed by atoms with Crippen molar-refractivity contribution in [2.24, 2.45) is 23.3 Å². The van der Waals surface area contributed by atoms with Gasteiger partial charge in [0, 0.05) is 30.5 Å². The molecule has 2 aromatic rings. The van der Waals surface area contributed by atoms with Gasteiger partial charge in [-0.2, -0.15) is 12.6 Å². The van der Waals surface area contributed by atoms with Crippen LogP contribution in [-0.4, -0.2) is 135 Å². The Kier molecular flexibility index (Phi) is 24.3. The number of aromatic nitrogens is 2. The number of nitrogens with two attached hydrogens (primary N) is 2. The molecule has 0 saturated carbocycles. The van der Waals surface area contributed by atoms with Crippen molar-refractivity contribution in [3.05, 3.63) is 54.1 Å². The smallest absolute Gasteiger partial charge is 0.327 e. The Morgan fingerprint density at radius 1 is 0.677 bits per heavy atom. The summed E-state index contributed by atoms with van der Waals surface area (Å²) in [5.41, 5.74) is 12.4. The molecular weight excluding hydrogens is 867 g/mol. The first-order valence-corrected chi connectivity index (χ1v) is 22.0. The van der Waals surface area contributed by atoms with Crippen molar-refractivity contribution in [1.29, 1.82) is 0 Å². The fourth-order valence-electron chi connectivity index (χ4n) is 6.42. The van der Waals surface area contributed by atoms with Gasteiger partial charge in [-0.25, -0.2) is 9.78 Å². The van der Waals surface area contributed by atoms with E-state index in [1.807, 2.05) is 13.8 Å². The zero-order valence-electron chi connectivity index (χ0n) is 37.1. The van der Waals surface area contributed by atoms with E-state index >= 15 is 0 Å². The van der Waals surface area contributed by atoms with Gasteiger partial charge in [0.2, 0.25) is 41.4 Å². The molecular formula is C42H65N11O11S. The molecule has 2 rings (SSSR count). The lowest BCUT2D eigenvalue weighted by atomic mass is 9.99. The largest absolute Gasteiger partial charge is 0.481 e. The van der Waals surface area contributed by atoms with Crippen molar-refractivity contribution in [1.82, 2.24) is 47.2 Å². The molecule has 0 saturated heterocycles. The predicted molar refractivity (Wildman–Crippen MR) is 241 cm³/mol. The minimum absolute atomic E-state index is 0.0447. The first-order chi connectivity index (χ1) is 30.7. The number of carbonyl (C=O) groups excluding carboxylic acids is 7. The van der Waals surface area contributed by atoms with Crippen molar-refractivity contribution < 1.29 is 53.4 Å². The summed E-state index contributed by atoms with van der Waals surface area (Å²) in [7, 11) is 0. The van der Waals surface area contributed by atoms with Gasteiger partial charge < -0.3 is 63.9 Å². The number of carboxylic acid groups (broad SMARTS) is 2. The minimum Gasteiger partial charge on any atom is -0.481 e. The minimum atomic E-state index is -1.40. The average molecular weight is 932 g/mol. The summed E-state index contributed by atoms with van der Waals surface area (Å²) in [6, 6.07) is -0.315. The van der Waals surface area contributed by atoms with Crippen LogP contribution in [0.15, 0.2) is 42.9 Å². The molecule has 14 N–H and O–H groups in total. The van der Waals surface area contributed by atoms with Gasteiger partial charge in [-0.1, -0.05) is 58.0 Å². The number of nitrogens with one attached hydrogen (secondary N) is 8. The maximum atomic E-state index is 14.3. The number of hydrogen-bond donors (Lipinski definition) is 13. The number of carboxylic acids is 2. The number of nitrogens with zero attached hydrogens (tertiary/aromatic N) is 1. The number of thiol groups is 1. The number of rotatable bonds is 30. The second-order valence-corrected chi connectivity index (χ2v) is 16.7. The van der Waals surface area contributed by atoms with Gasteiger partial charge in [0.1, 0.15) is 36.3 Å². The molecule has 1 aromatic heterocycles. The summed E-state index contributed by atoms with van der Waals surface area (Å²) in [6.45, 7) is 6.92. The van der Waals surface area contributed by atoms with Gasteiger partial charge in [-0.05, 0) is 56.0 Å². The van der Waals surface area contributed by atoms with Crippen LogP contribution >= 0.6 is 12.6 Å². The van der Waals surface area contributed by atoms with Gasteiger partial charge in [0.05, 0.1) is 25.3 Å². The summed E-state index contributed by atoms with van der Waals surface area (Å²) in [6.07, 6.45) is 3.15. The van der Waals surface area contributed by atoms with Gasteiger partial charge in [0.15, 0.2) is 0 Å². The summed E-state index contributed by atoms with van der Waals surface area (Å²) < 4.78 is 0. The maximum absolute atomic E-state index is 14.3. The van der Waals surface area contributed by atoms with Crippen LogP contribution in [0.4, 0.5) is 0 Å². The average Bonchev–Trinajstić information content (AvgIpc) is 3.76. The number of H-pyrrole nitrogens is 1. The van der Waals surface area contributed by atoms with E-state index in [2.05, 4.69) is 59.8 Å². The number of aromatic amines is 1. The molecule has 0 aliphatic rings. The number of hydrogen-bond acceptors (Lipinski definition) is 13. The van der Waals surface area contributed by atoms with Crippen LogP contribution in [0, 0.1) is 11.8 Å². The lowest BCUT2D eigenvalue weighted by Crippen LogP contribution is -2.60. The second-order valence-electron chi connectivity index (χ2n) is 16.4. The van der Waals surface area contributed by atoms with Crippen LogP contribution in [0.25, 0.3) is 0 Å². The molecule has 1 aromatic carbocycles. The molecule has 7 amide bonds. The molecule has 0 radical (unpaired) electrons. The molecule has 360 valence electrons. The first kappa shape index (κ1) is 55.1. The van der Waals surface area contributed by atoms with Crippen molar-refractivity contribution in [2.75, 3.05) is 18.8 Å². The number of aliphatic carboxylic acids is 2. The molecule has 0 unspecified atom stereocenters. The molecule has 0 fully saturated rings. The quantitative estimate of drug-likeness (QED) is 0.0306. The zero-order chi connectivity index (χ0) is 48.6. The standard InChI is InChI=1S/C42H65N11O11S/c1-23(2)14-29(48-34(54)20-46-36(57)27(44)18-35(55)56)38(59)50-30(15-24(3)4)39(60)51-31(16-25-10-6-5-7-11-25)40(61)49-28(12-8-9-13-43)37(58)52-32(17-26-19-45-22-47-26)41(62)53-33(21-65)42(63)64/h5-7,10-11,19,22-24,27-33,65H,8-9,12-18,20-21,43-44H2,1-4H3,(H,45,47)(H,46,57)(H,48,54)(H,49,61)(H,50,59)(H,51,60)(H,52,58)(H,53,62)(H,55,56)(H,63,64)/t27-,28-,29-,30-,31-,32-,33-/m0/s1. The van der Waals surface area contributed by atoms with Crippen LogP contribution in [-0.2, 0) is 56.0 Å². The van der Waals surface area contributed by atoms with Crippen LogP contribution < -0.4 is 48.7 Å². The summed E-state index contributed by atoms with van der Waals surface area (Å²) in [5, 5.41) is 36.4. The summed E-state index contributed by atoms with van der Waals surface area (Å²) in [4.78, 5) is 124. The highest BCUT2D eigenvalue weighted by atomic mass is 32.1. The van der Waals surface area contributed by atoms with Crippen molar-refractivity contribution >= 4 is 65.9 Å². The number of carbonyl (C=O) groups is 9. The second kappa shape index (κ2) is 28.7. The highest BCUT2D eigenvalue weighted by Gasteiger charge is 2.34. The molecule has 1 heterocycles. The van der Waals surface area contributed by atoms with Crippen LogP contribution in [0.5, 0.6) is 0 Å². The van der Waals surface area contributed by atoms with Gasteiger partial charge >= 0.3 is 11.9 Å². The topological polar surface area (TPSA) is 359 Å². The molecule has 7 atom stereocenters. The fourth-order valence-corrected chi connectivity index (χ4v) is 6.67. The lowest BCUT2D eigenvalue weighted by Gasteiger charge is -2.28. The van der Waals surface area contributed by atoms with Gasteiger partial charge in [0.25, 0.3) is 0 Å². The number of imidazole rings is 1. The number of benzene rings is 1. The zero-order valence-corrected chi connectivity index (χ0v) is 38.0. The Morgan fingerprint density at radius 2 is 1.18 bits per heavy atom. The number of amides is 7. The third-order valence-corrected chi connectivity index (χ3v) is 10.1. The Hall–Kier alpha value is -6.07. The van der Waals surface area contributed by atoms with Gasteiger partial charge in [-0.15, -0.1) is 0 Å². The third-order valence-electron chi connectivity index (χ3n) is 9.76. The van der Waals surface area contributed by atoms with E-state index in [1.165, 1.54) is 12.5 Å². The number of unbranched alkanes of at least 4 members (excludes halogenated alkanes) is 1. The SMILES string of the molecule is CC(C)C[C@H](NC(=O)CNC(=O)[C@@H](N)CC(=O)O)C(=O)N[C@@H](CC(C)C)C(=O)N[C@@H](Cc1ccccc1)C(=O)N[C@@H](CCCCN)C(=O)N[C@@H](Cc1cnc[nH]1)C(=O)N[C@@H](CS)C(=O)O. The highest BCUT2D eigenvalue weighted by Crippen LogP contribution is 2.12. The molecule has 0 aliphatic heterocycles.